The zero-order valence-corrected chi connectivity index (χ0v) is 9.93. The Morgan fingerprint density at radius 3 is 2.18 bits per heavy atom. The third-order valence-corrected chi connectivity index (χ3v) is 2.33. The standard InChI is InChI=1S/C12H14N2O3/c1-12(2,3)11-13-10(17-14-11)9-7(15)5-4-6-8(9)16/h4-6,15-16H,1-3H3. The Morgan fingerprint density at radius 1 is 1.12 bits per heavy atom. The van der Waals surface area contributed by atoms with E-state index < -0.39 is 0 Å². The van der Waals surface area contributed by atoms with Crippen molar-refractivity contribution in [1.29, 1.82) is 0 Å². The van der Waals surface area contributed by atoms with E-state index in [4.69, 9.17) is 4.52 Å². The van der Waals surface area contributed by atoms with Gasteiger partial charge in [-0.1, -0.05) is 32.0 Å². The molecule has 0 aliphatic carbocycles. The monoisotopic (exact) mass is 234 g/mol. The Kier molecular flexibility index (Phi) is 2.53. The topological polar surface area (TPSA) is 79.4 Å². The van der Waals surface area contributed by atoms with E-state index in [1.807, 2.05) is 20.8 Å². The maximum atomic E-state index is 9.67. The second-order valence-corrected chi connectivity index (χ2v) is 4.84. The van der Waals surface area contributed by atoms with E-state index in [0.29, 0.717) is 5.82 Å². The van der Waals surface area contributed by atoms with Crippen molar-refractivity contribution in [3.63, 3.8) is 0 Å². The summed E-state index contributed by atoms with van der Waals surface area (Å²) in [6, 6.07) is 4.45. The lowest BCUT2D eigenvalue weighted by Crippen LogP contribution is -2.13. The van der Waals surface area contributed by atoms with Gasteiger partial charge < -0.3 is 14.7 Å². The molecule has 90 valence electrons. The summed E-state index contributed by atoms with van der Waals surface area (Å²) in [4.78, 5) is 4.18. The van der Waals surface area contributed by atoms with Gasteiger partial charge in [0.25, 0.3) is 5.89 Å². The van der Waals surface area contributed by atoms with Crippen LogP contribution < -0.4 is 0 Å². The van der Waals surface area contributed by atoms with Crippen LogP contribution >= 0.6 is 0 Å². The van der Waals surface area contributed by atoms with Gasteiger partial charge in [0, 0.05) is 5.41 Å². The fourth-order valence-corrected chi connectivity index (χ4v) is 1.38. The Balaban J connectivity index is 2.51. The molecular weight excluding hydrogens is 220 g/mol. The average molecular weight is 234 g/mol. The number of phenolic OH excluding ortho intramolecular Hbond substituents is 2. The largest absolute Gasteiger partial charge is 0.507 e. The van der Waals surface area contributed by atoms with Crippen molar-refractivity contribution in [2.75, 3.05) is 0 Å². The van der Waals surface area contributed by atoms with E-state index in [1.165, 1.54) is 18.2 Å². The van der Waals surface area contributed by atoms with Gasteiger partial charge in [0.05, 0.1) is 0 Å². The predicted molar refractivity (Wildman–Crippen MR) is 61.8 cm³/mol. The molecule has 0 bridgehead atoms. The molecule has 17 heavy (non-hydrogen) atoms. The van der Waals surface area contributed by atoms with E-state index in [1.54, 1.807) is 0 Å². The van der Waals surface area contributed by atoms with Gasteiger partial charge in [0.1, 0.15) is 17.1 Å². The van der Waals surface area contributed by atoms with Crippen LogP contribution in [0.1, 0.15) is 26.6 Å². The van der Waals surface area contributed by atoms with Crippen molar-refractivity contribution in [3.05, 3.63) is 24.0 Å². The van der Waals surface area contributed by atoms with Gasteiger partial charge >= 0.3 is 0 Å². The molecule has 0 saturated carbocycles. The molecule has 2 rings (SSSR count). The van der Waals surface area contributed by atoms with Crippen molar-refractivity contribution in [1.82, 2.24) is 10.1 Å². The highest BCUT2D eigenvalue weighted by Crippen LogP contribution is 2.36. The van der Waals surface area contributed by atoms with Crippen LogP contribution in [0.5, 0.6) is 11.5 Å². The number of benzene rings is 1. The molecule has 0 aliphatic heterocycles. The molecule has 0 radical (unpaired) electrons. The summed E-state index contributed by atoms with van der Waals surface area (Å²) >= 11 is 0. The fraction of sp³-hybridized carbons (Fsp3) is 0.333. The second-order valence-electron chi connectivity index (χ2n) is 4.84. The van der Waals surface area contributed by atoms with Gasteiger partial charge in [0.2, 0.25) is 0 Å². The van der Waals surface area contributed by atoms with Crippen LogP contribution in [0.25, 0.3) is 11.5 Å². The van der Waals surface area contributed by atoms with Crippen LogP contribution in [0.4, 0.5) is 0 Å². The van der Waals surface area contributed by atoms with Crippen LogP contribution in [-0.2, 0) is 5.41 Å². The molecule has 0 atom stereocenters. The molecule has 1 heterocycles. The first-order valence-electron chi connectivity index (χ1n) is 5.25. The first kappa shape index (κ1) is 11.4. The maximum Gasteiger partial charge on any atom is 0.265 e. The molecule has 0 amide bonds. The van der Waals surface area contributed by atoms with E-state index in [2.05, 4.69) is 10.1 Å². The third kappa shape index (κ3) is 2.08. The van der Waals surface area contributed by atoms with E-state index in [9.17, 15) is 10.2 Å². The molecular formula is C12H14N2O3. The quantitative estimate of drug-likeness (QED) is 0.792. The van der Waals surface area contributed by atoms with Crippen LogP contribution in [0, 0.1) is 0 Å². The van der Waals surface area contributed by atoms with Crippen molar-refractivity contribution in [2.24, 2.45) is 0 Å². The lowest BCUT2D eigenvalue weighted by molar-refractivity contribution is 0.395. The number of phenols is 2. The number of aromatic hydroxyl groups is 2. The van der Waals surface area contributed by atoms with E-state index in [0.717, 1.165) is 0 Å². The molecule has 2 aromatic rings. The van der Waals surface area contributed by atoms with Crippen LogP contribution in [0.15, 0.2) is 22.7 Å². The fourth-order valence-electron chi connectivity index (χ4n) is 1.38. The Morgan fingerprint density at radius 2 is 1.71 bits per heavy atom. The molecule has 5 nitrogen and oxygen atoms in total. The van der Waals surface area contributed by atoms with Gasteiger partial charge in [0.15, 0.2) is 5.82 Å². The number of hydrogen-bond donors (Lipinski definition) is 2. The first-order valence-corrected chi connectivity index (χ1v) is 5.25. The number of hydrogen-bond acceptors (Lipinski definition) is 5. The van der Waals surface area contributed by atoms with Crippen LogP contribution in [-0.4, -0.2) is 20.4 Å². The highest BCUT2D eigenvalue weighted by molar-refractivity contribution is 5.69. The highest BCUT2D eigenvalue weighted by Gasteiger charge is 2.23. The minimum absolute atomic E-state index is 0.0888. The van der Waals surface area contributed by atoms with Gasteiger partial charge in [-0.2, -0.15) is 4.98 Å². The molecule has 0 aliphatic rings. The molecule has 1 aromatic carbocycles. The van der Waals surface area contributed by atoms with Gasteiger partial charge in [-0.05, 0) is 12.1 Å². The van der Waals surface area contributed by atoms with Crippen LogP contribution in [0.2, 0.25) is 0 Å². The van der Waals surface area contributed by atoms with E-state index >= 15 is 0 Å². The Hall–Kier alpha value is -2.04. The summed E-state index contributed by atoms with van der Waals surface area (Å²) in [7, 11) is 0. The van der Waals surface area contributed by atoms with Gasteiger partial charge in [-0.3, -0.25) is 0 Å². The first-order chi connectivity index (χ1) is 7.89. The minimum Gasteiger partial charge on any atom is -0.507 e. The smallest absolute Gasteiger partial charge is 0.265 e. The summed E-state index contributed by atoms with van der Waals surface area (Å²) < 4.78 is 5.06. The highest BCUT2D eigenvalue weighted by atomic mass is 16.5. The van der Waals surface area contributed by atoms with Crippen molar-refractivity contribution >= 4 is 0 Å². The third-order valence-electron chi connectivity index (χ3n) is 2.33. The summed E-state index contributed by atoms with van der Waals surface area (Å²) in [6.07, 6.45) is 0. The maximum absolute atomic E-state index is 9.67. The molecule has 0 fully saturated rings. The van der Waals surface area contributed by atoms with Gasteiger partial charge in [-0.25, -0.2) is 0 Å². The SMILES string of the molecule is CC(C)(C)c1noc(-c2c(O)cccc2O)n1. The number of rotatable bonds is 1. The summed E-state index contributed by atoms with van der Waals surface area (Å²) in [5.74, 6) is 0.462. The zero-order chi connectivity index (χ0) is 12.6. The van der Waals surface area contributed by atoms with Crippen LogP contribution in [0.3, 0.4) is 0 Å². The van der Waals surface area contributed by atoms with Crippen molar-refractivity contribution in [2.45, 2.75) is 26.2 Å². The minimum atomic E-state index is -0.248. The lowest BCUT2D eigenvalue weighted by Gasteiger charge is -2.10. The normalized spacial score (nSPS) is 11.7. The second kappa shape index (κ2) is 3.76. The molecule has 0 spiro atoms. The van der Waals surface area contributed by atoms with E-state index in [-0.39, 0.29) is 28.4 Å². The Labute approximate surface area is 98.7 Å². The zero-order valence-electron chi connectivity index (χ0n) is 9.93. The number of aromatic nitrogens is 2. The molecule has 5 heteroatoms. The van der Waals surface area contributed by atoms with Crippen molar-refractivity contribution in [3.8, 4) is 23.0 Å². The lowest BCUT2D eigenvalue weighted by atomic mass is 9.96. The van der Waals surface area contributed by atoms with Gasteiger partial charge in [-0.15, -0.1) is 0 Å². The average Bonchev–Trinajstić information content (AvgIpc) is 2.65. The number of nitrogens with zero attached hydrogens (tertiary/aromatic N) is 2. The summed E-state index contributed by atoms with van der Waals surface area (Å²) in [5.41, 5.74) is -0.0857. The predicted octanol–water partition coefficient (Wildman–Crippen LogP) is 2.45. The molecule has 0 unspecified atom stereocenters. The molecule has 2 N–H and O–H groups in total. The summed E-state index contributed by atoms with van der Waals surface area (Å²) in [6.45, 7) is 5.85. The van der Waals surface area contributed by atoms with Crippen molar-refractivity contribution < 1.29 is 14.7 Å². The summed E-state index contributed by atoms with van der Waals surface area (Å²) in [5, 5.41) is 23.2. The Bertz CT molecular complexity index is 521. The molecule has 1 aromatic heterocycles. The molecule has 0 saturated heterocycles.